The van der Waals surface area contributed by atoms with E-state index in [1.54, 1.807) is 31.2 Å². The molecule has 7 nitrogen and oxygen atoms in total. The van der Waals surface area contributed by atoms with Gasteiger partial charge in [-0.15, -0.1) is 0 Å². The molecule has 0 aliphatic carbocycles. The van der Waals surface area contributed by atoms with Crippen molar-refractivity contribution in [3.63, 3.8) is 0 Å². The van der Waals surface area contributed by atoms with Crippen LogP contribution in [0, 0.1) is 0 Å². The summed E-state index contributed by atoms with van der Waals surface area (Å²) in [6.45, 7) is 1.73. The van der Waals surface area contributed by atoms with Gasteiger partial charge in [-0.1, -0.05) is 54.1 Å². The molecule has 0 fully saturated rings. The number of carbonyl (C=O) groups excluding carboxylic acids is 1. The quantitative estimate of drug-likeness (QED) is 0.167. The number of nitrogens with zero attached hydrogens (tertiary/aromatic N) is 1. The second-order valence-corrected chi connectivity index (χ2v) is 9.21. The topological polar surface area (TPSA) is 94.1 Å². The number of ether oxygens (including phenoxy) is 1. The number of hydrazone groups is 1. The van der Waals surface area contributed by atoms with Crippen LogP contribution < -0.4 is 9.61 Å². The van der Waals surface area contributed by atoms with Crippen molar-refractivity contribution in [1.82, 2.24) is 5.43 Å². The Hall–Kier alpha value is -3.57. The fourth-order valence-electron chi connectivity index (χ4n) is 3.26. The van der Waals surface area contributed by atoms with Crippen LogP contribution in [0.25, 0.3) is 0 Å². The molecule has 0 saturated carbocycles. The van der Waals surface area contributed by atoms with Crippen LogP contribution in [0.5, 0.6) is 5.75 Å². The number of hydrogen-bond acceptors (Lipinski definition) is 6. The molecule has 3 rings (SSSR count). The molecule has 12 heteroatoms. The highest BCUT2D eigenvalue weighted by Gasteiger charge is 2.48. The SMILES string of the molecule is CCOC(=O)NN=C(c1ccc(OS(=O)(=O)C(F)(F)F)cc1)C(c1ccccc1)c1cccc(Cl)c1. The molecule has 0 aromatic heterocycles. The lowest BCUT2D eigenvalue weighted by Crippen LogP contribution is -2.28. The highest BCUT2D eigenvalue weighted by Crippen LogP contribution is 2.32. The van der Waals surface area contributed by atoms with E-state index < -0.39 is 33.4 Å². The van der Waals surface area contributed by atoms with Gasteiger partial charge in [-0.2, -0.15) is 26.7 Å². The minimum Gasteiger partial charge on any atom is -0.449 e. The maximum atomic E-state index is 12.7. The summed E-state index contributed by atoms with van der Waals surface area (Å²) in [6, 6.07) is 20.8. The fourth-order valence-corrected chi connectivity index (χ4v) is 3.92. The van der Waals surface area contributed by atoms with Crippen LogP contribution in [0.2, 0.25) is 5.02 Å². The van der Waals surface area contributed by atoms with Crippen molar-refractivity contribution in [3.8, 4) is 5.75 Å². The second kappa shape index (κ2) is 11.4. The van der Waals surface area contributed by atoms with Crippen LogP contribution in [-0.2, 0) is 14.9 Å². The van der Waals surface area contributed by atoms with Crippen molar-refractivity contribution < 1.29 is 35.3 Å². The molecule has 0 radical (unpaired) electrons. The Morgan fingerprint density at radius 2 is 1.64 bits per heavy atom. The van der Waals surface area contributed by atoms with Gasteiger partial charge in [0.2, 0.25) is 0 Å². The van der Waals surface area contributed by atoms with Gasteiger partial charge in [0, 0.05) is 5.02 Å². The Morgan fingerprint density at radius 3 is 2.22 bits per heavy atom. The van der Waals surface area contributed by atoms with Crippen molar-refractivity contribution in [2.75, 3.05) is 6.61 Å². The second-order valence-electron chi connectivity index (χ2n) is 7.24. The van der Waals surface area contributed by atoms with Crippen LogP contribution >= 0.6 is 11.6 Å². The number of nitrogens with one attached hydrogen (secondary N) is 1. The number of carbonyl (C=O) groups is 1. The first-order valence-corrected chi connectivity index (χ1v) is 12.2. The van der Waals surface area contributed by atoms with E-state index in [4.69, 9.17) is 16.3 Å². The van der Waals surface area contributed by atoms with Gasteiger partial charge in [0.1, 0.15) is 5.75 Å². The van der Waals surface area contributed by atoms with E-state index in [-0.39, 0.29) is 12.3 Å². The summed E-state index contributed by atoms with van der Waals surface area (Å²) in [5, 5.41) is 4.70. The molecular formula is C24H20ClF3N2O5S. The average molecular weight is 541 g/mol. The third-order valence-corrected chi connectivity index (χ3v) is 5.98. The number of halogens is 4. The lowest BCUT2D eigenvalue weighted by molar-refractivity contribution is -0.0500. The zero-order chi connectivity index (χ0) is 26.3. The molecule has 0 bridgehead atoms. The summed E-state index contributed by atoms with van der Waals surface area (Å²) in [5.41, 5.74) is -1.16. The number of hydrogen-bond donors (Lipinski definition) is 1. The smallest absolute Gasteiger partial charge is 0.449 e. The molecule has 190 valence electrons. The van der Waals surface area contributed by atoms with E-state index in [9.17, 15) is 26.4 Å². The molecule has 3 aromatic carbocycles. The normalized spacial score (nSPS) is 13.1. The molecule has 1 amide bonds. The summed E-state index contributed by atoms with van der Waals surface area (Å²) in [4.78, 5) is 12.0. The summed E-state index contributed by atoms with van der Waals surface area (Å²) in [7, 11) is -5.84. The Bertz CT molecular complexity index is 1330. The van der Waals surface area contributed by atoms with Gasteiger partial charge in [0.15, 0.2) is 0 Å². The van der Waals surface area contributed by atoms with Crippen LogP contribution in [-0.4, -0.2) is 32.3 Å². The number of amides is 1. The first-order chi connectivity index (χ1) is 17.0. The number of alkyl halides is 3. The highest BCUT2D eigenvalue weighted by atomic mass is 35.5. The first kappa shape index (κ1) is 27.0. The molecular weight excluding hydrogens is 521 g/mol. The zero-order valence-electron chi connectivity index (χ0n) is 18.7. The summed E-state index contributed by atoms with van der Waals surface area (Å²) < 4.78 is 69.8. The van der Waals surface area contributed by atoms with E-state index in [1.807, 2.05) is 30.3 Å². The van der Waals surface area contributed by atoms with Crippen LogP contribution in [0.15, 0.2) is 84.0 Å². The van der Waals surface area contributed by atoms with Gasteiger partial charge < -0.3 is 8.92 Å². The molecule has 0 spiro atoms. The monoisotopic (exact) mass is 540 g/mol. The predicted octanol–water partition coefficient (Wildman–Crippen LogP) is 5.85. The van der Waals surface area contributed by atoms with Crippen LogP contribution in [0.1, 0.15) is 29.5 Å². The molecule has 0 aliphatic heterocycles. The maximum Gasteiger partial charge on any atom is 0.534 e. The van der Waals surface area contributed by atoms with Crippen LogP contribution in [0.3, 0.4) is 0 Å². The summed E-state index contributed by atoms with van der Waals surface area (Å²) >= 11 is 6.22. The third-order valence-electron chi connectivity index (χ3n) is 4.77. The van der Waals surface area contributed by atoms with Gasteiger partial charge in [-0.25, -0.2) is 10.2 Å². The van der Waals surface area contributed by atoms with Crippen molar-refractivity contribution >= 4 is 33.5 Å². The maximum absolute atomic E-state index is 12.7. The Labute approximate surface area is 210 Å². The number of benzene rings is 3. The lowest BCUT2D eigenvalue weighted by atomic mass is 9.84. The average Bonchev–Trinajstić information content (AvgIpc) is 2.82. The number of rotatable bonds is 8. The summed E-state index contributed by atoms with van der Waals surface area (Å²) in [5.74, 6) is -1.13. The predicted molar refractivity (Wildman–Crippen MR) is 128 cm³/mol. The Kier molecular flexibility index (Phi) is 8.59. The van der Waals surface area contributed by atoms with Gasteiger partial charge in [-0.3, -0.25) is 0 Å². The molecule has 0 saturated heterocycles. The van der Waals surface area contributed by atoms with Gasteiger partial charge in [0.05, 0.1) is 18.2 Å². The minimum atomic E-state index is -5.84. The fraction of sp³-hybridized carbons (Fsp3) is 0.167. The summed E-state index contributed by atoms with van der Waals surface area (Å²) in [6.07, 6.45) is -0.816. The standard InChI is InChI=1S/C24H20ClF3N2O5S/c1-2-34-23(31)30-29-22(17-11-13-20(14-12-17)35-36(32,33)24(26,27)28)21(16-7-4-3-5-8-16)18-9-6-10-19(25)15-18/h3-15,21H,2H2,1H3,(H,30,31). The Balaban J connectivity index is 2.10. The van der Waals surface area contributed by atoms with Crippen molar-refractivity contribution in [2.45, 2.75) is 18.3 Å². The van der Waals surface area contributed by atoms with Crippen molar-refractivity contribution in [3.05, 3.63) is 101 Å². The molecule has 1 atom stereocenters. The van der Waals surface area contributed by atoms with E-state index in [2.05, 4.69) is 14.7 Å². The zero-order valence-corrected chi connectivity index (χ0v) is 20.3. The minimum absolute atomic E-state index is 0.104. The van der Waals surface area contributed by atoms with Gasteiger partial charge >= 0.3 is 21.7 Å². The third kappa shape index (κ3) is 6.76. The molecule has 36 heavy (non-hydrogen) atoms. The van der Waals surface area contributed by atoms with Gasteiger partial charge in [-0.05, 0) is 60.0 Å². The van der Waals surface area contributed by atoms with Crippen LogP contribution in [0.4, 0.5) is 18.0 Å². The first-order valence-electron chi connectivity index (χ1n) is 10.4. The molecule has 0 heterocycles. The van der Waals surface area contributed by atoms with E-state index in [0.717, 1.165) is 17.7 Å². The van der Waals surface area contributed by atoms with Crippen molar-refractivity contribution in [2.24, 2.45) is 5.10 Å². The van der Waals surface area contributed by atoms with Crippen molar-refractivity contribution in [1.29, 1.82) is 0 Å². The van der Waals surface area contributed by atoms with Gasteiger partial charge in [0.25, 0.3) is 0 Å². The van der Waals surface area contributed by atoms with E-state index in [0.29, 0.717) is 16.1 Å². The molecule has 0 aliphatic rings. The molecule has 1 N–H and O–H groups in total. The largest absolute Gasteiger partial charge is 0.534 e. The van der Waals surface area contributed by atoms with E-state index in [1.165, 1.54) is 12.1 Å². The molecule has 1 unspecified atom stereocenters. The molecule has 3 aromatic rings. The lowest BCUT2D eigenvalue weighted by Gasteiger charge is -2.21. The highest BCUT2D eigenvalue weighted by molar-refractivity contribution is 7.88. The van der Waals surface area contributed by atoms with E-state index >= 15 is 0 Å². The Morgan fingerprint density at radius 1 is 1.00 bits per heavy atom.